The van der Waals surface area contributed by atoms with Crippen LogP contribution in [0.15, 0.2) is 47.8 Å². The van der Waals surface area contributed by atoms with Gasteiger partial charge in [0.2, 0.25) is 0 Å². The number of carbonyl (C=O) groups excluding carboxylic acids is 1. The minimum Gasteiger partial charge on any atom is -0.477 e. The van der Waals surface area contributed by atoms with Gasteiger partial charge in [0.25, 0.3) is 5.24 Å². The monoisotopic (exact) mass is 544 g/mol. The van der Waals surface area contributed by atoms with Crippen LogP contribution in [0.3, 0.4) is 0 Å². The number of aromatic carboxylic acids is 1. The van der Waals surface area contributed by atoms with E-state index in [1.807, 2.05) is 23.6 Å². The first kappa shape index (κ1) is 25.8. The Labute approximate surface area is 222 Å². The SMILES string of the molecule is O=C(O)c1cc(Cl)c(CCN2C(=O)SCCN2CCCCc2cccc(C#Cc3cccs3)c2)s1. The molecule has 182 valence electrons. The summed E-state index contributed by atoms with van der Waals surface area (Å²) in [6, 6.07) is 13.9. The number of carboxylic acid groups (broad SMARTS) is 1. The zero-order valence-electron chi connectivity index (χ0n) is 19.0. The van der Waals surface area contributed by atoms with Gasteiger partial charge >= 0.3 is 5.97 Å². The topological polar surface area (TPSA) is 60.9 Å². The third kappa shape index (κ3) is 7.35. The largest absolute Gasteiger partial charge is 0.477 e. The normalized spacial score (nSPS) is 14.1. The highest BCUT2D eigenvalue weighted by Crippen LogP contribution is 2.29. The van der Waals surface area contributed by atoms with Crippen LogP contribution < -0.4 is 0 Å². The van der Waals surface area contributed by atoms with E-state index in [2.05, 4.69) is 35.0 Å². The summed E-state index contributed by atoms with van der Waals surface area (Å²) in [5.41, 5.74) is 2.30. The molecule has 1 amide bonds. The molecule has 1 aliphatic rings. The number of carbonyl (C=O) groups is 2. The van der Waals surface area contributed by atoms with Crippen LogP contribution in [-0.2, 0) is 12.8 Å². The maximum Gasteiger partial charge on any atom is 0.345 e. The lowest BCUT2D eigenvalue weighted by atomic mass is 10.1. The number of carboxylic acids is 1. The lowest BCUT2D eigenvalue weighted by Gasteiger charge is -2.38. The Morgan fingerprint density at radius 3 is 2.74 bits per heavy atom. The summed E-state index contributed by atoms with van der Waals surface area (Å²) >= 11 is 10.4. The number of benzene rings is 1. The van der Waals surface area contributed by atoms with Gasteiger partial charge in [-0.25, -0.2) is 9.80 Å². The van der Waals surface area contributed by atoms with E-state index in [1.165, 1.54) is 34.7 Å². The summed E-state index contributed by atoms with van der Waals surface area (Å²) in [5.74, 6) is 6.25. The van der Waals surface area contributed by atoms with Crippen molar-refractivity contribution in [1.82, 2.24) is 10.0 Å². The fourth-order valence-corrected chi connectivity index (χ4v) is 6.48. The summed E-state index contributed by atoms with van der Waals surface area (Å²) in [7, 11) is 0. The number of thioether (sulfide) groups is 1. The maximum absolute atomic E-state index is 12.6. The number of rotatable bonds is 9. The van der Waals surface area contributed by atoms with Gasteiger partial charge in [0.1, 0.15) is 4.88 Å². The number of amides is 1. The Hall–Kier alpha value is -2.28. The standard InChI is InChI=1S/C26H25ClN2O3S3/c27-22-18-24(25(30)31)35-23(22)11-13-29-26(32)34-16-14-28(29)12-2-1-5-19-6-3-7-20(17-19)9-10-21-8-4-15-33-21/h3-4,6-8,15,17-18H,1-2,5,11-14,16H2,(H,30,31). The Kier molecular flexibility index (Phi) is 9.30. The molecule has 0 bridgehead atoms. The van der Waals surface area contributed by atoms with Gasteiger partial charge < -0.3 is 5.11 Å². The van der Waals surface area contributed by atoms with Gasteiger partial charge in [0.15, 0.2) is 0 Å². The van der Waals surface area contributed by atoms with Crippen molar-refractivity contribution in [2.45, 2.75) is 25.7 Å². The molecular formula is C26H25ClN2O3S3. The summed E-state index contributed by atoms with van der Waals surface area (Å²) in [4.78, 5) is 25.9. The molecule has 0 aliphatic carbocycles. The van der Waals surface area contributed by atoms with Gasteiger partial charge in [0, 0.05) is 42.2 Å². The van der Waals surface area contributed by atoms with E-state index < -0.39 is 5.97 Å². The fourth-order valence-electron chi connectivity index (χ4n) is 3.82. The van der Waals surface area contributed by atoms with Gasteiger partial charge in [-0.2, -0.15) is 0 Å². The molecule has 2 aromatic heterocycles. The van der Waals surface area contributed by atoms with Crippen molar-refractivity contribution in [3.05, 3.63) is 78.6 Å². The molecule has 4 rings (SSSR count). The summed E-state index contributed by atoms with van der Waals surface area (Å²) < 4.78 is 0. The lowest BCUT2D eigenvalue weighted by molar-refractivity contribution is 0.0270. The first-order valence-electron chi connectivity index (χ1n) is 11.3. The second kappa shape index (κ2) is 12.6. The molecule has 1 saturated heterocycles. The van der Waals surface area contributed by atoms with Crippen molar-refractivity contribution in [1.29, 1.82) is 0 Å². The van der Waals surface area contributed by atoms with Crippen LogP contribution in [-0.4, -0.2) is 51.7 Å². The Bertz CT molecular complexity index is 1230. The number of hydrogen-bond donors (Lipinski definition) is 1. The molecule has 35 heavy (non-hydrogen) atoms. The van der Waals surface area contributed by atoms with Crippen LogP contribution in [0.1, 0.15) is 43.4 Å². The molecule has 1 fully saturated rings. The molecular weight excluding hydrogens is 520 g/mol. The molecule has 3 heterocycles. The Morgan fingerprint density at radius 1 is 1.09 bits per heavy atom. The summed E-state index contributed by atoms with van der Waals surface area (Å²) in [6.07, 6.45) is 3.50. The number of hydrogen-bond acceptors (Lipinski definition) is 6. The van der Waals surface area contributed by atoms with E-state index in [-0.39, 0.29) is 10.1 Å². The number of aryl methyl sites for hydroxylation is 1. The van der Waals surface area contributed by atoms with Crippen molar-refractivity contribution in [3.8, 4) is 11.8 Å². The smallest absolute Gasteiger partial charge is 0.345 e. The van der Waals surface area contributed by atoms with E-state index in [0.29, 0.717) is 18.0 Å². The van der Waals surface area contributed by atoms with Gasteiger partial charge in [-0.05, 0) is 54.5 Å². The van der Waals surface area contributed by atoms with Gasteiger partial charge in [0.05, 0.1) is 9.90 Å². The average Bonchev–Trinajstić information content (AvgIpc) is 3.50. The van der Waals surface area contributed by atoms with E-state index in [1.54, 1.807) is 16.3 Å². The molecule has 1 aromatic carbocycles. The van der Waals surface area contributed by atoms with Crippen molar-refractivity contribution in [2.24, 2.45) is 0 Å². The quantitative estimate of drug-likeness (QED) is 0.246. The zero-order chi connectivity index (χ0) is 24.6. The van der Waals surface area contributed by atoms with Crippen LogP contribution in [0, 0.1) is 11.8 Å². The molecule has 3 aromatic rings. The fraction of sp³-hybridized carbons (Fsp3) is 0.308. The third-order valence-electron chi connectivity index (χ3n) is 5.56. The minimum absolute atomic E-state index is 0.0411. The molecule has 0 spiro atoms. The van der Waals surface area contributed by atoms with Gasteiger partial charge in [-0.15, -0.1) is 22.7 Å². The van der Waals surface area contributed by atoms with Gasteiger partial charge in [-0.3, -0.25) is 9.80 Å². The third-order valence-corrected chi connectivity index (χ3v) is 8.82. The molecule has 0 unspecified atom stereocenters. The second-order valence-corrected chi connectivity index (χ2v) is 11.6. The highest BCUT2D eigenvalue weighted by atomic mass is 35.5. The molecule has 9 heteroatoms. The lowest BCUT2D eigenvalue weighted by Crippen LogP contribution is -2.50. The number of hydrazine groups is 1. The molecule has 0 radical (unpaired) electrons. The minimum atomic E-state index is -0.977. The molecule has 1 N–H and O–H groups in total. The van der Waals surface area contributed by atoms with Crippen LogP contribution in [0.25, 0.3) is 0 Å². The predicted molar refractivity (Wildman–Crippen MR) is 146 cm³/mol. The predicted octanol–water partition coefficient (Wildman–Crippen LogP) is 6.51. The highest BCUT2D eigenvalue weighted by Gasteiger charge is 2.26. The zero-order valence-corrected chi connectivity index (χ0v) is 22.2. The Morgan fingerprint density at radius 2 is 1.97 bits per heavy atom. The van der Waals surface area contributed by atoms with Crippen LogP contribution >= 0.6 is 46.0 Å². The first-order chi connectivity index (χ1) is 17.0. The average molecular weight is 545 g/mol. The number of unbranched alkanes of at least 4 members (excludes halogenated alkanes) is 1. The number of halogens is 1. The van der Waals surface area contributed by atoms with Crippen LogP contribution in [0.4, 0.5) is 4.79 Å². The second-order valence-electron chi connectivity index (χ2n) is 8.01. The van der Waals surface area contributed by atoms with Crippen LogP contribution in [0.5, 0.6) is 0 Å². The summed E-state index contributed by atoms with van der Waals surface area (Å²) in [6.45, 7) is 2.13. The van der Waals surface area contributed by atoms with Crippen molar-refractivity contribution >= 4 is 57.2 Å². The number of thiophene rings is 2. The van der Waals surface area contributed by atoms with E-state index in [4.69, 9.17) is 11.6 Å². The Balaban J connectivity index is 1.27. The van der Waals surface area contributed by atoms with E-state index in [9.17, 15) is 14.7 Å². The molecule has 0 atom stereocenters. The van der Waals surface area contributed by atoms with Crippen molar-refractivity contribution < 1.29 is 14.7 Å². The van der Waals surface area contributed by atoms with E-state index in [0.717, 1.165) is 53.4 Å². The molecule has 5 nitrogen and oxygen atoms in total. The van der Waals surface area contributed by atoms with Crippen molar-refractivity contribution in [2.75, 3.05) is 25.4 Å². The van der Waals surface area contributed by atoms with Crippen molar-refractivity contribution in [3.63, 3.8) is 0 Å². The maximum atomic E-state index is 12.6. The summed E-state index contributed by atoms with van der Waals surface area (Å²) in [5, 5.41) is 15.6. The molecule has 0 saturated carbocycles. The highest BCUT2D eigenvalue weighted by molar-refractivity contribution is 8.13. The van der Waals surface area contributed by atoms with E-state index >= 15 is 0 Å². The molecule has 1 aliphatic heterocycles. The van der Waals surface area contributed by atoms with Crippen LogP contribution in [0.2, 0.25) is 5.02 Å². The number of nitrogens with zero attached hydrogens (tertiary/aromatic N) is 2. The first-order valence-corrected chi connectivity index (χ1v) is 14.4. The van der Waals surface area contributed by atoms with Gasteiger partial charge in [-0.1, -0.05) is 53.4 Å².